The lowest BCUT2D eigenvalue weighted by atomic mass is 10.0. The van der Waals surface area contributed by atoms with E-state index in [1.165, 1.54) is 0 Å². The Morgan fingerprint density at radius 2 is 2.00 bits per heavy atom. The molecule has 2 aromatic rings. The Morgan fingerprint density at radius 3 is 2.68 bits per heavy atom. The molecule has 166 valence electrons. The number of hydrogen-bond donors (Lipinski definition) is 0. The summed E-state index contributed by atoms with van der Waals surface area (Å²) in [6.07, 6.45) is 6.39. The molecule has 2 aliphatic heterocycles. The maximum absolute atomic E-state index is 13.3. The Hall–Kier alpha value is -2.34. The summed E-state index contributed by atoms with van der Waals surface area (Å²) in [7, 11) is 0. The predicted molar refractivity (Wildman–Crippen MR) is 122 cm³/mol. The molecule has 1 saturated heterocycles. The summed E-state index contributed by atoms with van der Waals surface area (Å²) in [6, 6.07) is 9.70. The van der Waals surface area contributed by atoms with E-state index >= 15 is 0 Å². The topological polar surface area (TPSA) is 58.4 Å². The summed E-state index contributed by atoms with van der Waals surface area (Å²) in [5.74, 6) is -0.0591. The van der Waals surface area contributed by atoms with Crippen LogP contribution in [0.4, 0.5) is 0 Å². The number of unbranched alkanes of at least 4 members (excludes halogenated alkanes) is 2. The van der Waals surface area contributed by atoms with Gasteiger partial charge in [-0.1, -0.05) is 49.9 Å². The molecule has 7 heteroatoms. The van der Waals surface area contributed by atoms with Crippen molar-refractivity contribution in [2.24, 2.45) is 0 Å². The van der Waals surface area contributed by atoms with Gasteiger partial charge in [-0.05, 0) is 44.4 Å². The fourth-order valence-electron chi connectivity index (χ4n) is 4.71. The molecule has 0 radical (unpaired) electrons. The summed E-state index contributed by atoms with van der Waals surface area (Å²) < 4.78 is 1.89. The minimum absolute atomic E-state index is 0.0524. The Bertz CT molecular complexity index is 940. The van der Waals surface area contributed by atoms with Gasteiger partial charge in [0.1, 0.15) is 12.2 Å². The molecule has 31 heavy (non-hydrogen) atoms. The highest BCUT2D eigenvalue weighted by molar-refractivity contribution is 6.30. The second-order valence-corrected chi connectivity index (χ2v) is 9.22. The molecular weight excluding hydrogens is 412 g/mol. The number of likely N-dealkylation sites (tertiary alicyclic amines) is 1. The lowest BCUT2D eigenvalue weighted by Gasteiger charge is -2.34. The maximum atomic E-state index is 13.3. The van der Waals surface area contributed by atoms with Crippen molar-refractivity contribution in [2.75, 3.05) is 19.6 Å². The fraction of sp³-hybridized carbons (Fsp3) is 0.542. The SMILES string of the molecule is CCCCCC1CN(CC(=O)N2CCC[C@@H]2C)C(=O)c2cc(-c3ccc(Cl)cc3)nn21. The van der Waals surface area contributed by atoms with Gasteiger partial charge in [0.25, 0.3) is 5.91 Å². The first-order chi connectivity index (χ1) is 15.0. The zero-order valence-corrected chi connectivity index (χ0v) is 19.1. The Balaban J connectivity index is 1.59. The first-order valence-electron chi connectivity index (χ1n) is 11.4. The van der Waals surface area contributed by atoms with Gasteiger partial charge >= 0.3 is 0 Å². The lowest BCUT2D eigenvalue weighted by molar-refractivity contribution is -0.132. The molecule has 3 heterocycles. The van der Waals surface area contributed by atoms with E-state index < -0.39 is 0 Å². The molecule has 0 N–H and O–H groups in total. The van der Waals surface area contributed by atoms with Crippen LogP contribution in [0, 0.1) is 0 Å². The summed E-state index contributed by atoms with van der Waals surface area (Å²) in [5, 5.41) is 5.46. The fourth-order valence-corrected chi connectivity index (χ4v) is 4.83. The third-order valence-corrected chi connectivity index (χ3v) is 6.75. The van der Waals surface area contributed by atoms with Crippen LogP contribution in [-0.4, -0.2) is 57.1 Å². The van der Waals surface area contributed by atoms with E-state index in [2.05, 4.69) is 13.8 Å². The predicted octanol–water partition coefficient (Wildman–Crippen LogP) is 4.79. The average molecular weight is 443 g/mol. The van der Waals surface area contributed by atoms with Crippen molar-refractivity contribution in [1.29, 1.82) is 0 Å². The van der Waals surface area contributed by atoms with Gasteiger partial charge < -0.3 is 9.80 Å². The molecule has 0 spiro atoms. The van der Waals surface area contributed by atoms with Crippen molar-refractivity contribution in [2.45, 2.75) is 64.5 Å². The number of hydrogen-bond acceptors (Lipinski definition) is 3. The van der Waals surface area contributed by atoms with Crippen molar-refractivity contribution in [3.8, 4) is 11.3 Å². The molecule has 1 unspecified atom stereocenters. The number of halogens is 1. The van der Waals surface area contributed by atoms with Crippen molar-refractivity contribution in [3.63, 3.8) is 0 Å². The van der Waals surface area contributed by atoms with Crippen LogP contribution in [0.2, 0.25) is 5.02 Å². The minimum Gasteiger partial charge on any atom is -0.338 e. The first kappa shape index (κ1) is 21.9. The van der Waals surface area contributed by atoms with E-state index in [9.17, 15) is 9.59 Å². The third kappa shape index (κ3) is 4.64. The van der Waals surface area contributed by atoms with Crippen molar-refractivity contribution in [3.05, 3.63) is 41.0 Å². The summed E-state index contributed by atoms with van der Waals surface area (Å²) in [5.41, 5.74) is 2.27. The molecule has 0 bridgehead atoms. The van der Waals surface area contributed by atoms with Crippen LogP contribution in [0.3, 0.4) is 0 Å². The van der Waals surface area contributed by atoms with Crippen molar-refractivity contribution < 1.29 is 9.59 Å². The Morgan fingerprint density at radius 1 is 1.23 bits per heavy atom. The van der Waals surface area contributed by atoms with Gasteiger partial charge in [0, 0.05) is 29.7 Å². The number of amides is 2. The summed E-state index contributed by atoms with van der Waals surface area (Å²) in [4.78, 5) is 29.9. The largest absolute Gasteiger partial charge is 0.338 e. The molecule has 1 aromatic carbocycles. The number of carbonyl (C=O) groups excluding carboxylic acids is 2. The number of aromatic nitrogens is 2. The first-order valence-corrected chi connectivity index (χ1v) is 11.8. The van der Waals surface area contributed by atoms with E-state index in [-0.39, 0.29) is 30.4 Å². The van der Waals surface area contributed by atoms with Gasteiger partial charge in [-0.25, -0.2) is 0 Å². The smallest absolute Gasteiger partial charge is 0.272 e. The van der Waals surface area contributed by atoms with E-state index in [0.29, 0.717) is 17.3 Å². The third-order valence-electron chi connectivity index (χ3n) is 6.50. The second kappa shape index (κ2) is 9.43. The lowest BCUT2D eigenvalue weighted by Crippen LogP contribution is -2.49. The zero-order chi connectivity index (χ0) is 22.0. The average Bonchev–Trinajstić information content (AvgIpc) is 3.39. The monoisotopic (exact) mass is 442 g/mol. The number of carbonyl (C=O) groups is 2. The van der Waals surface area contributed by atoms with Gasteiger partial charge in [0.2, 0.25) is 5.91 Å². The number of rotatable bonds is 7. The molecule has 0 saturated carbocycles. The number of nitrogens with zero attached hydrogens (tertiary/aromatic N) is 4. The van der Waals surface area contributed by atoms with Crippen LogP contribution >= 0.6 is 11.6 Å². The molecule has 1 aromatic heterocycles. The highest BCUT2D eigenvalue weighted by Crippen LogP contribution is 2.30. The Kier molecular flexibility index (Phi) is 6.65. The van der Waals surface area contributed by atoms with Gasteiger partial charge in [0.05, 0.1) is 11.7 Å². The van der Waals surface area contributed by atoms with E-state index in [1.807, 2.05) is 39.9 Å². The standard InChI is InChI=1S/C24H31ClN4O2/c1-3-4-5-8-20-15-27(16-23(30)28-13-6-7-17(28)2)24(31)22-14-21(26-29(20)22)18-9-11-19(25)12-10-18/h9-12,14,17,20H,3-8,13,15-16H2,1-2H3/t17-,20?/m0/s1. The van der Waals surface area contributed by atoms with E-state index in [0.717, 1.165) is 56.3 Å². The number of fused-ring (bicyclic) bond motifs is 1. The quantitative estimate of drug-likeness (QED) is 0.579. The normalized spacial score (nSPS) is 20.9. The van der Waals surface area contributed by atoms with Crippen LogP contribution in [0.5, 0.6) is 0 Å². The molecular formula is C24H31ClN4O2. The highest BCUT2D eigenvalue weighted by Gasteiger charge is 2.35. The Labute approximate surface area is 189 Å². The van der Waals surface area contributed by atoms with E-state index in [4.69, 9.17) is 16.7 Å². The minimum atomic E-state index is -0.111. The van der Waals surface area contributed by atoms with Crippen LogP contribution < -0.4 is 0 Å². The van der Waals surface area contributed by atoms with E-state index in [1.54, 1.807) is 4.90 Å². The molecule has 4 rings (SSSR count). The molecule has 6 nitrogen and oxygen atoms in total. The number of benzene rings is 1. The molecule has 2 atom stereocenters. The van der Waals surface area contributed by atoms with Gasteiger partial charge in [-0.2, -0.15) is 5.10 Å². The van der Waals surface area contributed by atoms with Gasteiger partial charge in [0.15, 0.2) is 0 Å². The highest BCUT2D eigenvalue weighted by atomic mass is 35.5. The van der Waals surface area contributed by atoms with Crippen LogP contribution in [-0.2, 0) is 4.79 Å². The summed E-state index contributed by atoms with van der Waals surface area (Å²) >= 11 is 6.03. The second-order valence-electron chi connectivity index (χ2n) is 8.78. The van der Waals surface area contributed by atoms with Crippen LogP contribution in [0.25, 0.3) is 11.3 Å². The van der Waals surface area contributed by atoms with Crippen LogP contribution in [0.1, 0.15) is 68.9 Å². The molecule has 0 aliphatic carbocycles. The van der Waals surface area contributed by atoms with Gasteiger partial charge in [-0.15, -0.1) is 0 Å². The van der Waals surface area contributed by atoms with Crippen molar-refractivity contribution >= 4 is 23.4 Å². The van der Waals surface area contributed by atoms with Crippen molar-refractivity contribution in [1.82, 2.24) is 19.6 Å². The summed E-state index contributed by atoms with van der Waals surface area (Å²) in [6.45, 7) is 5.75. The van der Waals surface area contributed by atoms with Gasteiger partial charge in [-0.3, -0.25) is 14.3 Å². The molecule has 1 fully saturated rings. The van der Waals surface area contributed by atoms with Crippen LogP contribution in [0.15, 0.2) is 30.3 Å². The molecule has 2 aliphatic rings. The zero-order valence-electron chi connectivity index (χ0n) is 18.4. The maximum Gasteiger partial charge on any atom is 0.272 e. The molecule has 2 amide bonds.